The predicted molar refractivity (Wildman–Crippen MR) is 110 cm³/mol. The molecule has 0 fully saturated rings. The molecule has 0 heterocycles. The second kappa shape index (κ2) is 14.8. The van der Waals surface area contributed by atoms with E-state index in [4.69, 9.17) is 14.2 Å². The van der Waals surface area contributed by atoms with Gasteiger partial charge in [0.2, 0.25) is 0 Å². The lowest BCUT2D eigenvalue weighted by molar-refractivity contribution is -0.0449. The van der Waals surface area contributed by atoms with E-state index in [9.17, 15) is 5.11 Å². The molecule has 0 bridgehead atoms. The van der Waals surface area contributed by atoms with Gasteiger partial charge < -0.3 is 19.3 Å². The molecule has 4 nitrogen and oxygen atoms in total. The molecule has 0 amide bonds. The van der Waals surface area contributed by atoms with Crippen molar-refractivity contribution in [2.75, 3.05) is 20.8 Å². The molecular formula is C22H46O4. The van der Waals surface area contributed by atoms with E-state index in [-0.39, 0.29) is 30.3 Å². The number of hydrogen-bond donors (Lipinski definition) is 1. The van der Waals surface area contributed by atoms with Crippen LogP contribution in [0, 0.1) is 17.8 Å². The quantitative estimate of drug-likeness (QED) is 0.410. The second-order valence-electron chi connectivity index (χ2n) is 7.98. The Kier molecular flexibility index (Phi) is 14.8. The van der Waals surface area contributed by atoms with Crippen LogP contribution in [0.4, 0.5) is 0 Å². The lowest BCUT2D eigenvalue weighted by Gasteiger charge is -2.32. The Morgan fingerprint density at radius 3 is 1.96 bits per heavy atom. The van der Waals surface area contributed by atoms with E-state index in [0.717, 1.165) is 45.1 Å². The Morgan fingerprint density at radius 1 is 0.846 bits per heavy atom. The van der Waals surface area contributed by atoms with E-state index < -0.39 is 0 Å². The maximum absolute atomic E-state index is 10.7. The lowest BCUT2D eigenvalue weighted by atomic mass is 9.84. The molecule has 0 saturated heterocycles. The van der Waals surface area contributed by atoms with E-state index >= 15 is 0 Å². The van der Waals surface area contributed by atoms with Crippen LogP contribution >= 0.6 is 0 Å². The molecule has 0 aromatic rings. The van der Waals surface area contributed by atoms with Crippen molar-refractivity contribution in [3.8, 4) is 0 Å². The molecule has 0 saturated carbocycles. The molecule has 0 aliphatic carbocycles. The van der Waals surface area contributed by atoms with Crippen molar-refractivity contribution in [2.24, 2.45) is 17.8 Å². The van der Waals surface area contributed by atoms with Crippen molar-refractivity contribution < 1.29 is 19.3 Å². The van der Waals surface area contributed by atoms with Gasteiger partial charge >= 0.3 is 0 Å². The zero-order valence-corrected chi connectivity index (χ0v) is 18.7. The van der Waals surface area contributed by atoms with Gasteiger partial charge in [-0.15, -0.1) is 0 Å². The SMILES string of the molecule is CCCO[C@H](CC)C[C@H](OC)[C@@H](C)CC[C@@H](O)[C@H](C)[C@H](OC)[C@H](C)CC. The molecule has 4 heteroatoms. The van der Waals surface area contributed by atoms with Crippen LogP contribution in [0.3, 0.4) is 0 Å². The van der Waals surface area contributed by atoms with Crippen molar-refractivity contribution in [3.05, 3.63) is 0 Å². The van der Waals surface area contributed by atoms with Crippen molar-refractivity contribution in [2.45, 2.75) is 104 Å². The van der Waals surface area contributed by atoms with Gasteiger partial charge in [0, 0.05) is 26.7 Å². The van der Waals surface area contributed by atoms with E-state index in [0.29, 0.717) is 11.8 Å². The summed E-state index contributed by atoms with van der Waals surface area (Å²) in [5.41, 5.74) is 0. The fourth-order valence-corrected chi connectivity index (χ4v) is 3.76. The Balaban J connectivity index is 4.55. The summed E-state index contributed by atoms with van der Waals surface area (Å²) < 4.78 is 17.3. The van der Waals surface area contributed by atoms with Crippen LogP contribution in [0.2, 0.25) is 0 Å². The van der Waals surface area contributed by atoms with Crippen LogP contribution in [0.1, 0.15) is 80.1 Å². The van der Waals surface area contributed by atoms with E-state index in [1.807, 2.05) is 0 Å². The molecule has 0 aromatic carbocycles. The topological polar surface area (TPSA) is 47.9 Å². The maximum Gasteiger partial charge on any atom is 0.0646 e. The van der Waals surface area contributed by atoms with E-state index in [1.54, 1.807) is 14.2 Å². The van der Waals surface area contributed by atoms with Gasteiger partial charge in [-0.1, -0.05) is 48.0 Å². The smallest absolute Gasteiger partial charge is 0.0646 e. The summed E-state index contributed by atoms with van der Waals surface area (Å²) in [7, 11) is 3.54. The lowest BCUT2D eigenvalue weighted by Crippen LogP contribution is -2.36. The minimum atomic E-state index is -0.341. The number of hydrogen-bond acceptors (Lipinski definition) is 4. The highest BCUT2D eigenvalue weighted by atomic mass is 16.5. The Labute approximate surface area is 163 Å². The number of ether oxygens (including phenoxy) is 3. The molecule has 7 atom stereocenters. The summed E-state index contributed by atoms with van der Waals surface area (Å²) in [4.78, 5) is 0. The summed E-state index contributed by atoms with van der Waals surface area (Å²) in [5, 5.41) is 10.7. The Bertz CT molecular complexity index is 323. The third kappa shape index (κ3) is 9.16. The highest BCUT2D eigenvalue weighted by Gasteiger charge is 2.29. The van der Waals surface area contributed by atoms with Crippen molar-refractivity contribution in [1.29, 1.82) is 0 Å². The predicted octanol–water partition coefficient (Wildman–Crippen LogP) is 5.07. The zero-order chi connectivity index (χ0) is 20.1. The molecule has 0 aliphatic rings. The van der Waals surface area contributed by atoms with E-state index in [2.05, 4.69) is 41.5 Å². The number of aliphatic hydroxyl groups excluding tert-OH is 1. The summed E-state index contributed by atoms with van der Waals surface area (Å²) in [6, 6.07) is 0. The number of methoxy groups -OCH3 is 2. The van der Waals surface area contributed by atoms with Crippen LogP contribution in [-0.4, -0.2) is 50.3 Å². The minimum Gasteiger partial charge on any atom is -0.393 e. The van der Waals surface area contributed by atoms with Crippen molar-refractivity contribution in [3.63, 3.8) is 0 Å². The molecule has 0 aliphatic heterocycles. The van der Waals surface area contributed by atoms with Gasteiger partial charge in [-0.2, -0.15) is 0 Å². The van der Waals surface area contributed by atoms with Crippen LogP contribution in [0.25, 0.3) is 0 Å². The van der Waals surface area contributed by atoms with Gasteiger partial charge in [0.1, 0.15) is 0 Å². The second-order valence-corrected chi connectivity index (χ2v) is 7.98. The van der Waals surface area contributed by atoms with Crippen LogP contribution < -0.4 is 0 Å². The monoisotopic (exact) mass is 374 g/mol. The molecule has 0 rings (SSSR count). The van der Waals surface area contributed by atoms with Gasteiger partial charge in [0.15, 0.2) is 0 Å². The highest BCUT2D eigenvalue weighted by molar-refractivity contribution is 4.79. The largest absolute Gasteiger partial charge is 0.393 e. The molecule has 0 aromatic heterocycles. The third-order valence-corrected chi connectivity index (χ3v) is 5.97. The Morgan fingerprint density at radius 2 is 1.50 bits per heavy atom. The first-order valence-corrected chi connectivity index (χ1v) is 10.7. The summed E-state index contributed by atoms with van der Waals surface area (Å²) in [5.74, 6) is 0.986. The summed E-state index contributed by atoms with van der Waals surface area (Å²) in [6.07, 6.45) is 5.97. The van der Waals surface area contributed by atoms with Crippen molar-refractivity contribution >= 4 is 0 Å². The highest BCUT2D eigenvalue weighted by Crippen LogP contribution is 2.27. The first-order chi connectivity index (χ1) is 12.4. The summed E-state index contributed by atoms with van der Waals surface area (Å²) >= 11 is 0. The molecule has 1 N–H and O–H groups in total. The third-order valence-electron chi connectivity index (χ3n) is 5.97. The van der Waals surface area contributed by atoms with Gasteiger partial charge in [-0.05, 0) is 43.9 Å². The van der Waals surface area contributed by atoms with Crippen molar-refractivity contribution in [1.82, 2.24) is 0 Å². The number of rotatable bonds is 16. The fraction of sp³-hybridized carbons (Fsp3) is 1.00. The van der Waals surface area contributed by atoms with Crippen LogP contribution in [-0.2, 0) is 14.2 Å². The molecule has 26 heavy (non-hydrogen) atoms. The van der Waals surface area contributed by atoms with Crippen LogP contribution in [0.15, 0.2) is 0 Å². The average molecular weight is 375 g/mol. The number of aliphatic hydroxyl groups is 1. The zero-order valence-electron chi connectivity index (χ0n) is 18.7. The molecule has 0 unspecified atom stereocenters. The van der Waals surface area contributed by atoms with Crippen LogP contribution in [0.5, 0.6) is 0 Å². The van der Waals surface area contributed by atoms with E-state index in [1.165, 1.54) is 0 Å². The van der Waals surface area contributed by atoms with Gasteiger partial charge in [-0.3, -0.25) is 0 Å². The first-order valence-electron chi connectivity index (χ1n) is 10.7. The average Bonchev–Trinajstić information content (AvgIpc) is 2.66. The fourth-order valence-electron chi connectivity index (χ4n) is 3.76. The normalized spacial score (nSPS) is 20.2. The van der Waals surface area contributed by atoms with Gasteiger partial charge in [-0.25, -0.2) is 0 Å². The first kappa shape index (κ1) is 25.8. The molecule has 0 radical (unpaired) electrons. The standard InChI is InChI=1S/C22H46O4/c1-9-14-26-19(11-3)15-21(24-7)17(5)12-13-20(23)18(6)22(25-8)16(4)10-2/h16-23H,9-15H2,1-8H3/t16-,17+,18+,19-,20-,21+,22-/m1/s1. The molecule has 158 valence electrons. The maximum atomic E-state index is 10.7. The Hall–Kier alpha value is -0.160. The van der Waals surface area contributed by atoms with Gasteiger partial charge in [0.25, 0.3) is 0 Å². The minimum absolute atomic E-state index is 0.107. The van der Waals surface area contributed by atoms with Gasteiger partial charge in [0.05, 0.1) is 24.4 Å². The summed E-state index contributed by atoms with van der Waals surface area (Å²) in [6.45, 7) is 13.8. The molecule has 0 spiro atoms. The molecular weight excluding hydrogens is 328 g/mol.